The minimum Gasteiger partial charge on any atom is -0.480 e. The molecular weight excluding hydrogens is 240 g/mol. The van der Waals surface area contributed by atoms with Crippen molar-refractivity contribution in [2.75, 3.05) is 18.2 Å². The zero-order valence-electron chi connectivity index (χ0n) is 9.72. The van der Waals surface area contributed by atoms with Gasteiger partial charge in [-0.2, -0.15) is 0 Å². The lowest BCUT2D eigenvalue weighted by molar-refractivity contribution is -0.147. The van der Waals surface area contributed by atoms with Crippen LogP contribution < -0.4 is 5.32 Å². The molecular formula is C11H18N2O3S. The lowest BCUT2D eigenvalue weighted by atomic mass is 10.2. The third-order valence-corrected chi connectivity index (χ3v) is 4.40. The standard InChI is InChI=1S/C11H18N2O3S/c14-10(5-12-8-3-1-2-4-8)13-7-17-6-9(13)11(15)16/h8-9,12H,1-7H2,(H,15,16)/t9-/m0/s1. The Morgan fingerprint density at radius 2 is 2.06 bits per heavy atom. The Morgan fingerprint density at radius 1 is 1.35 bits per heavy atom. The second kappa shape index (κ2) is 5.73. The summed E-state index contributed by atoms with van der Waals surface area (Å²) in [4.78, 5) is 24.3. The molecule has 0 spiro atoms. The van der Waals surface area contributed by atoms with E-state index in [2.05, 4.69) is 5.32 Å². The van der Waals surface area contributed by atoms with E-state index in [-0.39, 0.29) is 12.5 Å². The van der Waals surface area contributed by atoms with Gasteiger partial charge >= 0.3 is 5.97 Å². The summed E-state index contributed by atoms with van der Waals surface area (Å²) in [5.74, 6) is 0.0191. The summed E-state index contributed by atoms with van der Waals surface area (Å²) in [7, 11) is 0. The highest BCUT2D eigenvalue weighted by atomic mass is 32.2. The van der Waals surface area contributed by atoms with Crippen LogP contribution >= 0.6 is 11.8 Å². The highest BCUT2D eigenvalue weighted by molar-refractivity contribution is 7.99. The first kappa shape index (κ1) is 12.7. The molecule has 1 aliphatic heterocycles. The van der Waals surface area contributed by atoms with E-state index >= 15 is 0 Å². The topological polar surface area (TPSA) is 69.6 Å². The van der Waals surface area contributed by atoms with Crippen LogP contribution in [0.1, 0.15) is 25.7 Å². The van der Waals surface area contributed by atoms with Crippen molar-refractivity contribution < 1.29 is 14.7 Å². The fraction of sp³-hybridized carbons (Fsp3) is 0.818. The Labute approximate surface area is 105 Å². The minimum atomic E-state index is -0.899. The quantitative estimate of drug-likeness (QED) is 0.768. The van der Waals surface area contributed by atoms with Gasteiger partial charge < -0.3 is 15.3 Å². The number of carbonyl (C=O) groups is 2. The number of nitrogens with zero attached hydrogens (tertiary/aromatic N) is 1. The Kier molecular flexibility index (Phi) is 4.28. The van der Waals surface area contributed by atoms with Gasteiger partial charge in [-0.3, -0.25) is 4.79 Å². The lowest BCUT2D eigenvalue weighted by Crippen LogP contribution is -2.46. The summed E-state index contributed by atoms with van der Waals surface area (Å²) < 4.78 is 0. The monoisotopic (exact) mass is 258 g/mol. The number of carbonyl (C=O) groups excluding carboxylic acids is 1. The molecule has 1 amide bonds. The summed E-state index contributed by atoms with van der Waals surface area (Å²) in [5.41, 5.74) is 0. The number of aliphatic carboxylic acids is 1. The molecule has 96 valence electrons. The molecule has 17 heavy (non-hydrogen) atoms. The third kappa shape index (κ3) is 3.13. The molecule has 0 aromatic heterocycles. The van der Waals surface area contributed by atoms with Crippen molar-refractivity contribution >= 4 is 23.6 Å². The molecule has 5 nitrogen and oxygen atoms in total. The van der Waals surface area contributed by atoms with Gasteiger partial charge in [-0.1, -0.05) is 12.8 Å². The van der Waals surface area contributed by atoms with Gasteiger partial charge in [-0.05, 0) is 12.8 Å². The predicted molar refractivity (Wildman–Crippen MR) is 65.9 cm³/mol. The first-order valence-electron chi connectivity index (χ1n) is 6.02. The van der Waals surface area contributed by atoms with E-state index in [0.29, 0.717) is 17.7 Å². The number of hydrogen-bond donors (Lipinski definition) is 2. The number of carboxylic acid groups (broad SMARTS) is 1. The lowest BCUT2D eigenvalue weighted by Gasteiger charge is -2.21. The van der Waals surface area contributed by atoms with Gasteiger partial charge in [0.1, 0.15) is 6.04 Å². The summed E-state index contributed by atoms with van der Waals surface area (Å²) in [6.07, 6.45) is 4.71. The van der Waals surface area contributed by atoms with Crippen molar-refractivity contribution in [2.24, 2.45) is 0 Å². The molecule has 0 unspecified atom stereocenters. The van der Waals surface area contributed by atoms with Crippen LogP contribution in [0.3, 0.4) is 0 Å². The maximum atomic E-state index is 11.9. The van der Waals surface area contributed by atoms with Gasteiger partial charge in [-0.25, -0.2) is 4.79 Å². The van der Waals surface area contributed by atoms with Gasteiger partial charge in [-0.15, -0.1) is 11.8 Å². The Balaban J connectivity index is 1.80. The maximum Gasteiger partial charge on any atom is 0.327 e. The van der Waals surface area contributed by atoms with Gasteiger partial charge in [0.2, 0.25) is 5.91 Å². The van der Waals surface area contributed by atoms with Crippen molar-refractivity contribution in [1.29, 1.82) is 0 Å². The van der Waals surface area contributed by atoms with Crippen LogP contribution in [0.15, 0.2) is 0 Å². The summed E-state index contributed by atoms with van der Waals surface area (Å²) in [6.45, 7) is 0.273. The van der Waals surface area contributed by atoms with Crippen LogP contribution in [0.25, 0.3) is 0 Å². The predicted octanol–water partition coefficient (Wildman–Crippen LogP) is 0.505. The molecule has 6 heteroatoms. The number of hydrogen-bond acceptors (Lipinski definition) is 4. The van der Waals surface area contributed by atoms with Crippen molar-refractivity contribution in [3.63, 3.8) is 0 Å². The number of carboxylic acids is 1. The molecule has 2 fully saturated rings. The van der Waals surface area contributed by atoms with Crippen molar-refractivity contribution in [2.45, 2.75) is 37.8 Å². The number of thioether (sulfide) groups is 1. The van der Waals surface area contributed by atoms with Crippen LogP contribution in [0.4, 0.5) is 0 Å². The maximum absolute atomic E-state index is 11.9. The van der Waals surface area contributed by atoms with Crippen LogP contribution in [-0.2, 0) is 9.59 Å². The number of nitrogens with one attached hydrogen (secondary N) is 1. The van der Waals surface area contributed by atoms with Crippen molar-refractivity contribution in [1.82, 2.24) is 10.2 Å². The van der Waals surface area contributed by atoms with E-state index in [1.807, 2.05) is 0 Å². The van der Waals surface area contributed by atoms with Crippen LogP contribution in [0.5, 0.6) is 0 Å². The van der Waals surface area contributed by atoms with Crippen LogP contribution in [0, 0.1) is 0 Å². The highest BCUT2D eigenvalue weighted by Crippen LogP contribution is 2.21. The normalized spacial score (nSPS) is 25.4. The van der Waals surface area contributed by atoms with E-state index in [0.717, 1.165) is 12.8 Å². The van der Waals surface area contributed by atoms with E-state index in [9.17, 15) is 9.59 Å². The SMILES string of the molecule is O=C(O)[C@@H]1CSCN1C(=O)CNC1CCCC1. The summed E-state index contributed by atoms with van der Waals surface area (Å²) in [5, 5.41) is 12.2. The highest BCUT2D eigenvalue weighted by Gasteiger charge is 2.34. The Bertz CT molecular complexity index is 305. The van der Waals surface area contributed by atoms with Crippen molar-refractivity contribution in [3.8, 4) is 0 Å². The molecule has 1 saturated carbocycles. The van der Waals surface area contributed by atoms with E-state index < -0.39 is 12.0 Å². The summed E-state index contributed by atoms with van der Waals surface area (Å²) >= 11 is 1.50. The Morgan fingerprint density at radius 3 is 2.71 bits per heavy atom. The molecule has 1 heterocycles. The van der Waals surface area contributed by atoms with E-state index in [1.54, 1.807) is 0 Å². The van der Waals surface area contributed by atoms with Crippen molar-refractivity contribution in [3.05, 3.63) is 0 Å². The van der Waals surface area contributed by atoms with Gasteiger partial charge in [0.15, 0.2) is 0 Å². The number of rotatable bonds is 4. The molecule has 0 radical (unpaired) electrons. The second-order valence-electron chi connectivity index (χ2n) is 4.58. The molecule has 0 aromatic rings. The smallest absolute Gasteiger partial charge is 0.327 e. The Hall–Kier alpha value is -0.750. The molecule has 0 bridgehead atoms. The van der Waals surface area contributed by atoms with E-state index in [4.69, 9.17) is 5.11 Å². The molecule has 1 saturated heterocycles. The zero-order valence-corrected chi connectivity index (χ0v) is 10.5. The zero-order chi connectivity index (χ0) is 12.3. The average molecular weight is 258 g/mol. The largest absolute Gasteiger partial charge is 0.480 e. The number of amides is 1. The first-order chi connectivity index (χ1) is 8.18. The molecule has 1 atom stereocenters. The van der Waals surface area contributed by atoms with Gasteiger partial charge in [0.05, 0.1) is 12.4 Å². The molecule has 1 aliphatic carbocycles. The summed E-state index contributed by atoms with van der Waals surface area (Å²) in [6, 6.07) is -0.199. The fourth-order valence-electron chi connectivity index (χ4n) is 2.36. The molecule has 2 aliphatic rings. The van der Waals surface area contributed by atoms with Gasteiger partial charge in [0, 0.05) is 11.8 Å². The molecule has 2 rings (SSSR count). The minimum absolute atomic E-state index is 0.0886. The van der Waals surface area contributed by atoms with Gasteiger partial charge in [0.25, 0.3) is 0 Å². The van der Waals surface area contributed by atoms with Crippen LogP contribution in [-0.4, -0.2) is 52.1 Å². The average Bonchev–Trinajstić information content (AvgIpc) is 2.96. The first-order valence-corrected chi connectivity index (χ1v) is 7.17. The van der Waals surface area contributed by atoms with Crippen LogP contribution in [0.2, 0.25) is 0 Å². The third-order valence-electron chi connectivity index (χ3n) is 3.38. The molecule has 2 N–H and O–H groups in total. The van der Waals surface area contributed by atoms with E-state index in [1.165, 1.54) is 29.5 Å². The fourth-order valence-corrected chi connectivity index (χ4v) is 3.53. The molecule has 0 aromatic carbocycles. The second-order valence-corrected chi connectivity index (χ2v) is 5.58.